The Labute approximate surface area is 116 Å². The minimum Gasteiger partial charge on any atom is -0.322 e. The summed E-state index contributed by atoms with van der Waals surface area (Å²) in [5, 5.41) is 12.1. The fourth-order valence-corrected chi connectivity index (χ4v) is 1.75. The van der Waals surface area contributed by atoms with E-state index in [0.717, 1.165) is 0 Å². The van der Waals surface area contributed by atoms with E-state index in [1.54, 1.807) is 37.1 Å². The van der Waals surface area contributed by atoms with Crippen molar-refractivity contribution in [2.45, 2.75) is 13.0 Å². The highest BCUT2D eigenvalue weighted by atomic mass is 35.5. The first-order chi connectivity index (χ1) is 8.45. The minimum absolute atomic E-state index is 0.0935. The van der Waals surface area contributed by atoms with Crippen LogP contribution >= 0.6 is 23.2 Å². The molecule has 18 heavy (non-hydrogen) atoms. The van der Waals surface area contributed by atoms with Gasteiger partial charge in [-0.05, 0) is 26.1 Å². The molecule has 1 amide bonds. The summed E-state index contributed by atoms with van der Waals surface area (Å²) in [6.07, 6.45) is 0. The number of hydrogen-bond donors (Lipinski definition) is 1. The van der Waals surface area contributed by atoms with Gasteiger partial charge in [-0.1, -0.05) is 29.3 Å². The Morgan fingerprint density at radius 2 is 2.06 bits per heavy atom. The Balaban J connectivity index is 2.69. The summed E-state index contributed by atoms with van der Waals surface area (Å²) in [6, 6.07) is 6.70. The summed E-state index contributed by atoms with van der Waals surface area (Å²) < 4.78 is 0. The van der Waals surface area contributed by atoms with Crippen LogP contribution in [0.15, 0.2) is 18.2 Å². The van der Waals surface area contributed by atoms with Crippen molar-refractivity contribution in [3.63, 3.8) is 0 Å². The summed E-state index contributed by atoms with van der Waals surface area (Å²) in [6.45, 7) is 1.81. The van der Waals surface area contributed by atoms with E-state index in [9.17, 15) is 4.79 Å². The first-order valence-corrected chi connectivity index (χ1v) is 6.05. The van der Waals surface area contributed by atoms with Crippen molar-refractivity contribution >= 4 is 34.8 Å². The number of nitriles is 1. The number of carbonyl (C=O) groups excluding carboxylic acids is 1. The highest BCUT2D eigenvalue weighted by Gasteiger charge is 2.14. The second kappa shape index (κ2) is 6.60. The quantitative estimate of drug-likeness (QED) is 0.926. The maximum absolute atomic E-state index is 11.8. The van der Waals surface area contributed by atoms with Crippen LogP contribution in [-0.4, -0.2) is 30.4 Å². The molecule has 1 aromatic carbocycles. The SMILES string of the molecule is C[C@H](C#N)N(C)CC(=O)Nc1c(Cl)cccc1Cl. The number of amides is 1. The molecule has 0 aliphatic carbocycles. The van der Waals surface area contributed by atoms with Crippen LogP contribution in [-0.2, 0) is 4.79 Å². The predicted octanol–water partition coefficient (Wildman–Crippen LogP) is 2.78. The smallest absolute Gasteiger partial charge is 0.238 e. The number of para-hydroxylation sites is 1. The third-order valence-electron chi connectivity index (χ3n) is 2.47. The Hall–Kier alpha value is -1.28. The van der Waals surface area contributed by atoms with Crippen LogP contribution in [0.1, 0.15) is 6.92 Å². The van der Waals surface area contributed by atoms with Crippen molar-refractivity contribution in [2.24, 2.45) is 0 Å². The van der Waals surface area contributed by atoms with E-state index in [-0.39, 0.29) is 18.5 Å². The number of likely N-dealkylation sites (N-methyl/N-ethyl adjacent to an activating group) is 1. The molecule has 1 atom stereocenters. The lowest BCUT2D eigenvalue weighted by Gasteiger charge is -2.18. The Morgan fingerprint density at radius 3 is 2.56 bits per heavy atom. The van der Waals surface area contributed by atoms with Gasteiger partial charge in [-0.15, -0.1) is 0 Å². The number of halogens is 2. The molecule has 0 bridgehead atoms. The normalized spacial score (nSPS) is 12.0. The third-order valence-corrected chi connectivity index (χ3v) is 3.10. The zero-order chi connectivity index (χ0) is 13.7. The molecule has 0 fully saturated rings. The average Bonchev–Trinajstić information content (AvgIpc) is 2.32. The maximum atomic E-state index is 11.8. The van der Waals surface area contributed by atoms with E-state index in [2.05, 4.69) is 11.4 Å². The first-order valence-electron chi connectivity index (χ1n) is 5.29. The van der Waals surface area contributed by atoms with Gasteiger partial charge in [0.05, 0.1) is 34.4 Å². The summed E-state index contributed by atoms with van der Waals surface area (Å²) in [5.41, 5.74) is 0.392. The summed E-state index contributed by atoms with van der Waals surface area (Å²) in [5.74, 6) is -0.269. The van der Waals surface area contributed by atoms with E-state index in [0.29, 0.717) is 15.7 Å². The second-order valence-corrected chi connectivity index (χ2v) is 4.68. The van der Waals surface area contributed by atoms with Crippen molar-refractivity contribution < 1.29 is 4.79 Å². The highest BCUT2D eigenvalue weighted by Crippen LogP contribution is 2.29. The molecule has 0 saturated carbocycles. The molecular formula is C12H13Cl2N3O. The highest BCUT2D eigenvalue weighted by molar-refractivity contribution is 6.39. The first kappa shape index (κ1) is 14.8. The lowest BCUT2D eigenvalue weighted by atomic mass is 10.3. The molecule has 1 N–H and O–H groups in total. The number of carbonyl (C=O) groups is 1. The Bertz CT molecular complexity index is 464. The number of nitrogens with zero attached hydrogens (tertiary/aromatic N) is 2. The number of anilines is 1. The van der Waals surface area contributed by atoms with Gasteiger partial charge < -0.3 is 5.32 Å². The van der Waals surface area contributed by atoms with Crippen molar-refractivity contribution in [1.82, 2.24) is 4.90 Å². The average molecular weight is 286 g/mol. The second-order valence-electron chi connectivity index (χ2n) is 3.87. The van der Waals surface area contributed by atoms with Gasteiger partial charge in [-0.2, -0.15) is 5.26 Å². The molecule has 0 aliphatic rings. The van der Waals surface area contributed by atoms with E-state index in [4.69, 9.17) is 28.5 Å². The van der Waals surface area contributed by atoms with Gasteiger partial charge in [-0.25, -0.2) is 0 Å². The molecule has 0 spiro atoms. The number of nitrogens with one attached hydrogen (secondary N) is 1. The van der Waals surface area contributed by atoms with Crippen LogP contribution in [0.2, 0.25) is 10.0 Å². The van der Waals surface area contributed by atoms with Crippen LogP contribution in [0.4, 0.5) is 5.69 Å². The molecule has 0 heterocycles. The fraction of sp³-hybridized carbons (Fsp3) is 0.333. The van der Waals surface area contributed by atoms with E-state index in [1.807, 2.05) is 0 Å². The zero-order valence-electron chi connectivity index (χ0n) is 10.1. The fourth-order valence-electron chi connectivity index (χ4n) is 1.26. The van der Waals surface area contributed by atoms with Gasteiger partial charge in [0.25, 0.3) is 0 Å². The number of benzene rings is 1. The monoisotopic (exact) mass is 285 g/mol. The van der Waals surface area contributed by atoms with Crippen molar-refractivity contribution in [2.75, 3.05) is 18.9 Å². The number of rotatable bonds is 4. The van der Waals surface area contributed by atoms with Crippen LogP contribution in [0.25, 0.3) is 0 Å². The molecule has 1 aromatic rings. The summed E-state index contributed by atoms with van der Waals surface area (Å²) in [7, 11) is 1.70. The van der Waals surface area contributed by atoms with E-state index >= 15 is 0 Å². The predicted molar refractivity (Wildman–Crippen MR) is 72.8 cm³/mol. The molecule has 6 heteroatoms. The molecule has 0 unspecified atom stereocenters. The standard InChI is InChI=1S/C12H13Cl2N3O/c1-8(6-15)17(2)7-11(18)16-12-9(13)4-3-5-10(12)14/h3-5,8H,7H2,1-2H3,(H,16,18)/t8-/m1/s1. The Morgan fingerprint density at radius 1 is 1.50 bits per heavy atom. The van der Waals surface area contributed by atoms with Gasteiger partial charge in [0.2, 0.25) is 5.91 Å². The maximum Gasteiger partial charge on any atom is 0.238 e. The van der Waals surface area contributed by atoms with Crippen molar-refractivity contribution in [3.8, 4) is 6.07 Å². The number of hydrogen-bond acceptors (Lipinski definition) is 3. The molecule has 0 radical (unpaired) electrons. The van der Waals surface area contributed by atoms with Crippen LogP contribution in [0.3, 0.4) is 0 Å². The van der Waals surface area contributed by atoms with Crippen molar-refractivity contribution in [3.05, 3.63) is 28.2 Å². The van der Waals surface area contributed by atoms with Crippen molar-refractivity contribution in [1.29, 1.82) is 5.26 Å². The molecule has 96 valence electrons. The molecule has 0 aliphatic heterocycles. The van der Waals surface area contributed by atoms with Gasteiger partial charge in [0.15, 0.2) is 0 Å². The minimum atomic E-state index is -0.336. The molecule has 0 saturated heterocycles. The Kier molecular flexibility index (Phi) is 5.42. The summed E-state index contributed by atoms with van der Waals surface area (Å²) in [4.78, 5) is 13.4. The van der Waals surface area contributed by atoms with Crippen LogP contribution in [0.5, 0.6) is 0 Å². The molecule has 1 rings (SSSR count). The molecular weight excluding hydrogens is 273 g/mol. The summed E-state index contributed by atoms with van der Waals surface area (Å²) >= 11 is 11.9. The lowest BCUT2D eigenvalue weighted by molar-refractivity contribution is -0.117. The third kappa shape index (κ3) is 3.88. The van der Waals surface area contributed by atoms with Gasteiger partial charge in [0.1, 0.15) is 0 Å². The van der Waals surface area contributed by atoms with Gasteiger partial charge in [-0.3, -0.25) is 9.69 Å². The zero-order valence-corrected chi connectivity index (χ0v) is 11.6. The van der Waals surface area contributed by atoms with Crippen LogP contribution in [0, 0.1) is 11.3 Å². The van der Waals surface area contributed by atoms with E-state index in [1.165, 1.54) is 0 Å². The largest absolute Gasteiger partial charge is 0.322 e. The van der Waals surface area contributed by atoms with Gasteiger partial charge >= 0.3 is 0 Å². The molecule has 0 aromatic heterocycles. The lowest BCUT2D eigenvalue weighted by Crippen LogP contribution is -2.35. The van der Waals surface area contributed by atoms with Crippen LogP contribution < -0.4 is 5.32 Å². The van der Waals surface area contributed by atoms with E-state index < -0.39 is 0 Å². The molecule has 4 nitrogen and oxygen atoms in total. The van der Waals surface area contributed by atoms with Gasteiger partial charge in [0, 0.05) is 0 Å². The topological polar surface area (TPSA) is 56.1 Å².